The molecule has 0 saturated heterocycles. The van der Waals surface area contributed by atoms with Gasteiger partial charge in [0.25, 0.3) is 0 Å². The highest BCUT2D eigenvalue weighted by atomic mass is 32.2. The van der Waals surface area contributed by atoms with Gasteiger partial charge >= 0.3 is 0 Å². The number of nitrogens with one attached hydrogen (secondary N) is 2. The molecule has 0 bridgehead atoms. The zero-order valence-electron chi connectivity index (χ0n) is 15.1. The first-order chi connectivity index (χ1) is 12.3. The quantitative estimate of drug-likeness (QED) is 0.415. The standard InChI is InChI=1S/C18H27N3O4S/c1-2-3-4-12-20-16(22)18(10-11-18)17(23)21-13-9-14-5-7-15(8-6-14)26(19,24)25/h5-8H,2-4,9-13H2,1H3,(H,20,22)(H,21,23)(H2,19,24,25). The van der Waals surface area contributed by atoms with Crippen LogP contribution in [0.2, 0.25) is 0 Å². The zero-order chi connectivity index (χ0) is 19.2. The summed E-state index contributed by atoms with van der Waals surface area (Å²) in [4.78, 5) is 24.7. The van der Waals surface area contributed by atoms with Gasteiger partial charge in [-0.25, -0.2) is 13.6 Å². The average Bonchev–Trinajstić information content (AvgIpc) is 3.40. The number of nitrogens with two attached hydrogens (primary N) is 1. The second-order valence-corrected chi connectivity index (χ2v) is 8.30. The second kappa shape index (κ2) is 8.64. The molecular weight excluding hydrogens is 354 g/mol. The van der Waals surface area contributed by atoms with Crippen LogP contribution in [-0.4, -0.2) is 33.3 Å². The predicted octanol–water partition coefficient (Wildman–Crippen LogP) is 1.08. The topological polar surface area (TPSA) is 118 Å². The van der Waals surface area contributed by atoms with E-state index in [0.29, 0.717) is 32.4 Å². The molecule has 1 fully saturated rings. The summed E-state index contributed by atoms with van der Waals surface area (Å²) < 4.78 is 22.4. The van der Waals surface area contributed by atoms with Crippen LogP contribution < -0.4 is 15.8 Å². The Morgan fingerprint density at radius 3 is 2.12 bits per heavy atom. The van der Waals surface area contributed by atoms with E-state index in [2.05, 4.69) is 17.6 Å². The Hall–Kier alpha value is -1.93. The minimum Gasteiger partial charge on any atom is -0.355 e. The monoisotopic (exact) mass is 381 g/mol. The molecule has 0 aromatic heterocycles. The summed E-state index contributed by atoms with van der Waals surface area (Å²) in [7, 11) is -3.70. The molecule has 26 heavy (non-hydrogen) atoms. The molecule has 8 heteroatoms. The van der Waals surface area contributed by atoms with Crippen LogP contribution in [0, 0.1) is 5.41 Å². The molecule has 1 aliphatic carbocycles. The van der Waals surface area contributed by atoms with Crippen molar-refractivity contribution >= 4 is 21.8 Å². The van der Waals surface area contributed by atoms with E-state index in [1.165, 1.54) is 12.1 Å². The first-order valence-corrected chi connectivity index (χ1v) is 10.5. The maximum Gasteiger partial charge on any atom is 0.238 e. The van der Waals surface area contributed by atoms with Gasteiger partial charge in [0.05, 0.1) is 4.90 Å². The number of hydrogen-bond donors (Lipinski definition) is 3. The van der Waals surface area contributed by atoms with Gasteiger partial charge in [0.2, 0.25) is 21.8 Å². The van der Waals surface area contributed by atoms with Crippen molar-refractivity contribution in [3.63, 3.8) is 0 Å². The van der Waals surface area contributed by atoms with Gasteiger partial charge < -0.3 is 10.6 Å². The maximum absolute atomic E-state index is 12.4. The molecule has 0 unspecified atom stereocenters. The summed E-state index contributed by atoms with van der Waals surface area (Å²) in [6.07, 6.45) is 4.78. The molecule has 0 spiro atoms. The number of sulfonamides is 1. The van der Waals surface area contributed by atoms with Crippen LogP contribution >= 0.6 is 0 Å². The van der Waals surface area contributed by atoms with Crippen molar-refractivity contribution in [3.05, 3.63) is 29.8 Å². The molecule has 1 aromatic rings. The number of amides is 2. The zero-order valence-corrected chi connectivity index (χ0v) is 15.9. The highest BCUT2D eigenvalue weighted by molar-refractivity contribution is 7.89. The number of carbonyl (C=O) groups is 2. The normalized spacial score (nSPS) is 15.3. The summed E-state index contributed by atoms with van der Waals surface area (Å²) in [5.41, 5.74) is -0.0180. The molecule has 4 N–H and O–H groups in total. The highest BCUT2D eigenvalue weighted by Gasteiger charge is 2.56. The summed E-state index contributed by atoms with van der Waals surface area (Å²) in [5, 5.41) is 10.7. The van der Waals surface area contributed by atoms with Crippen LogP contribution in [0.5, 0.6) is 0 Å². The lowest BCUT2D eigenvalue weighted by molar-refractivity contribution is -0.137. The van der Waals surface area contributed by atoms with Crippen molar-refractivity contribution in [2.75, 3.05) is 13.1 Å². The lowest BCUT2D eigenvalue weighted by Gasteiger charge is -2.15. The Morgan fingerprint density at radius 1 is 1.04 bits per heavy atom. The maximum atomic E-state index is 12.4. The Balaban J connectivity index is 1.78. The average molecular weight is 381 g/mol. The molecule has 0 radical (unpaired) electrons. The molecular formula is C18H27N3O4S. The third-order valence-corrected chi connectivity index (χ3v) is 5.57. The Labute approximate surface area is 154 Å². The van der Waals surface area contributed by atoms with E-state index < -0.39 is 15.4 Å². The van der Waals surface area contributed by atoms with Crippen molar-refractivity contribution in [2.24, 2.45) is 10.6 Å². The van der Waals surface area contributed by atoms with Crippen LogP contribution in [0.25, 0.3) is 0 Å². The second-order valence-electron chi connectivity index (χ2n) is 6.74. The van der Waals surface area contributed by atoms with Gasteiger partial charge in [0.15, 0.2) is 0 Å². The van der Waals surface area contributed by atoms with Gasteiger partial charge in [-0.2, -0.15) is 0 Å². The largest absolute Gasteiger partial charge is 0.355 e. The molecule has 144 valence electrons. The van der Waals surface area contributed by atoms with Crippen LogP contribution in [0.15, 0.2) is 29.2 Å². The lowest BCUT2D eigenvalue weighted by Crippen LogP contribution is -2.43. The van der Waals surface area contributed by atoms with Crippen molar-refractivity contribution in [1.82, 2.24) is 10.6 Å². The fourth-order valence-corrected chi connectivity index (χ4v) is 3.28. The van der Waals surface area contributed by atoms with E-state index in [1.807, 2.05) is 0 Å². The van der Waals surface area contributed by atoms with E-state index >= 15 is 0 Å². The van der Waals surface area contributed by atoms with E-state index in [9.17, 15) is 18.0 Å². The molecule has 1 saturated carbocycles. The van der Waals surface area contributed by atoms with Crippen molar-refractivity contribution < 1.29 is 18.0 Å². The molecule has 0 heterocycles. The van der Waals surface area contributed by atoms with Gasteiger partial charge in [0, 0.05) is 13.1 Å². The van der Waals surface area contributed by atoms with E-state index in [-0.39, 0.29) is 16.7 Å². The third-order valence-electron chi connectivity index (χ3n) is 4.64. The predicted molar refractivity (Wildman–Crippen MR) is 98.7 cm³/mol. The van der Waals surface area contributed by atoms with Gasteiger partial charge in [-0.3, -0.25) is 9.59 Å². The van der Waals surface area contributed by atoms with Gasteiger partial charge in [-0.1, -0.05) is 31.9 Å². The number of unbranched alkanes of at least 4 members (excludes halogenated alkanes) is 2. The Morgan fingerprint density at radius 2 is 1.62 bits per heavy atom. The van der Waals surface area contributed by atoms with E-state index in [4.69, 9.17) is 5.14 Å². The fraction of sp³-hybridized carbons (Fsp3) is 0.556. The summed E-state index contributed by atoms with van der Waals surface area (Å²) >= 11 is 0. The smallest absolute Gasteiger partial charge is 0.238 e. The Kier molecular flexibility index (Phi) is 6.77. The van der Waals surface area contributed by atoms with E-state index in [1.54, 1.807) is 12.1 Å². The molecule has 7 nitrogen and oxygen atoms in total. The van der Waals surface area contributed by atoms with Crippen LogP contribution in [0.1, 0.15) is 44.6 Å². The highest BCUT2D eigenvalue weighted by Crippen LogP contribution is 2.46. The molecule has 2 amide bonds. The van der Waals surface area contributed by atoms with Crippen molar-refractivity contribution in [3.8, 4) is 0 Å². The Bertz CT molecular complexity index is 740. The summed E-state index contributed by atoms with van der Waals surface area (Å²) in [5.74, 6) is -0.407. The molecule has 0 aliphatic heterocycles. The minimum atomic E-state index is -3.70. The first kappa shape index (κ1) is 20.4. The minimum absolute atomic E-state index is 0.0574. The van der Waals surface area contributed by atoms with Gasteiger partial charge in [-0.15, -0.1) is 0 Å². The van der Waals surface area contributed by atoms with E-state index in [0.717, 1.165) is 24.8 Å². The molecule has 1 aliphatic rings. The number of carbonyl (C=O) groups excluding carboxylic acids is 2. The third kappa shape index (κ3) is 5.28. The SMILES string of the molecule is CCCCCNC(=O)C1(C(=O)NCCc2ccc(S(N)(=O)=O)cc2)CC1. The van der Waals surface area contributed by atoms with Crippen molar-refractivity contribution in [2.45, 2.75) is 50.3 Å². The molecule has 2 rings (SSSR count). The van der Waals surface area contributed by atoms with Crippen LogP contribution in [-0.2, 0) is 26.0 Å². The number of benzene rings is 1. The van der Waals surface area contributed by atoms with Crippen molar-refractivity contribution in [1.29, 1.82) is 0 Å². The summed E-state index contributed by atoms with van der Waals surface area (Å²) in [6, 6.07) is 6.22. The number of hydrogen-bond acceptors (Lipinski definition) is 4. The summed E-state index contributed by atoms with van der Waals surface area (Å²) in [6.45, 7) is 3.09. The number of rotatable bonds is 10. The van der Waals surface area contributed by atoms with Gasteiger partial charge in [-0.05, 0) is 43.4 Å². The molecule has 0 atom stereocenters. The lowest BCUT2D eigenvalue weighted by atomic mass is 10.0. The number of primary sulfonamides is 1. The van der Waals surface area contributed by atoms with Gasteiger partial charge in [0.1, 0.15) is 5.41 Å². The fourth-order valence-electron chi connectivity index (χ4n) is 2.76. The first-order valence-electron chi connectivity index (χ1n) is 8.98. The van der Waals surface area contributed by atoms with Crippen LogP contribution in [0.4, 0.5) is 0 Å². The molecule has 1 aromatic carbocycles. The van der Waals surface area contributed by atoms with Crippen LogP contribution in [0.3, 0.4) is 0 Å².